The number of hydrogen-bond donors (Lipinski definition) is 1. The van der Waals surface area contributed by atoms with Crippen LogP contribution in [-0.4, -0.2) is 17.6 Å². The molecule has 144 valence electrons. The number of ether oxygens (including phenoxy) is 1. The quantitative estimate of drug-likeness (QED) is 0.637. The summed E-state index contributed by atoms with van der Waals surface area (Å²) in [6.45, 7) is 9.16. The van der Waals surface area contributed by atoms with Crippen molar-refractivity contribution in [1.82, 2.24) is 0 Å². The monoisotopic (exact) mass is 374 g/mol. The zero-order valence-corrected chi connectivity index (χ0v) is 17.9. The third kappa shape index (κ3) is 2.48. The summed E-state index contributed by atoms with van der Waals surface area (Å²) < 4.78 is 5.45. The van der Waals surface area contributed by atoms with Gasteiger partial charge in [0.1, 0.15) is 5.78 Å². The van der Waals surface area contributed by atoms with E-state index in [2.05, 4.69) is 39.8 Å². The molecular weight excluding hydrogens is 340 g/mol. The van der Waals surface area contributed by atoms with Crippen molar-refractivity contribution in [2.45, 2.75) is 71.0 Å². The van der Waals surface area contributed by atoms with Gasteiger partial charge < -0.3 is 4.74 Å². The molecule has 0 radical (unpaired) electrons. The van der Waals surface area contributed by atoms with Crippen LogP contribution in [0.15, 0.2) is 23.5 Å². The van der Waals surface area contributed by atoms with E-state index in [9.17, 15) is 4.79 Å². The minimum atomic E-state index is -0.129. The van der Waals surface area contributed by atoms with Crippen LogP contribution < -0.4 is 0 Å². The number of methoxy groups -OCH3 is 1. The Morgan fingerprint density at radius 3 is 2.62 bits per heavy atom. The summed E-state index contributed by atoms with van der Waals surface area (Å²) in [4.78, 5) is 13.0. The first-order valence-corrected chi connectivity index (χ1v) is 10.8. The van der Waals surface area contributed by atoms with Gasteiger partial charge in [-0.25, -0.2) is 0 Å². The highest BCUT2D eigenvalue weighted by molar-refractivity contribution is 7.81. The summed E-state index contributed by atoms with van der Waals surface area (Å²) in [5.74, 6) is 3.78. The van der Waals surface area contributed by atoms with Crippen molar-refractivity contribution in [3.8, 4) is 0 Å². The molecule has 0 aliphatic heterocycles. The van der Waals surface area contributed by atoms with Gasteiger partial charge in [-0.2, -0.15) is 12.6 Å². The maximum absolute atomic E-state index is 13.0. The van der Waals surface area contributed by atoms with Gasteiger partial charge in [-0.15, -0.1) is 0 Å². The summed E-state index contributed by atoms with van der Waals surface area (Å²) in [7, 11) is 1.79. The minimum Gasteiger partial charge on any atom is -0.501 e. The number of fused-ring (bicyclic) bond motifs is 5. The molecule has 2 nitrogen and oxygen atoms in total. The van der Waals surface area contributed by atoms with Gasteiger partial charge in [-0.05, 0) is 66.4 Å². The second-order valence-electron chi connectivity index (χ2n) is 10.3. The van der Waals surface area contributed by atoms with Crippen LogP contribution in [-0.2, 0) is 9.53 Å². The van der Waals surface area contributed by atoms with Crippen molar-refractivity contribution in [1.29, 1.82) is 0 Å². The largest absolute Gasteiger partial charge is 0.501 e. The first kappa shape index (κ1) is 18.7. The normalized spacial score (nSPS) is 45.2. The molecular formula is C23H34O2S. The number of thiol groups is 1. The van der Waals surface area contributed by atoms with E-state index in [1.54, 1.807) is 7.11 Å². The molecule has 3 heteroatoms. The second-order valence-corrected chi connectivity index (χ2v) is 11.4. The van der Waals surface area contributed by atoms with Crippen LogP contribution in [0.3, 0.4) is 0 Å². The lowest BCUT2D eigenvalue weighted by Crippen LogP contribution is -2.52. The van der Waals surface area contributed by atoms with Crippen LogP contribution in [0.5, 0.6) is 0 Å². The van der Waals surface area contributed by atoms with Crippen molar-refractivity contribution >= 4 is 18.4 Å². The smallest absolute Gasteiger partial charge is 0.139 e. The molecule has 6 atom stereocenters. The van der Waals surface area contributed by atoms with E-state index in [4.69, 9.17) is 17.4 Å². The first-order chi connectivity index (χ1) is 12.1. The Hall–Kier alpha value is -0.700. The summed E-state index contributed by atoms with van der Waals surface area (Å²) in [5, 5.41) is 0. The Kier molecular flexibility index (Phi) is 4.23. The van der Waals surface area contributed by atoms with E-state index in [0.717, 1.165) is 31.4 Å². The van der Waals surface area contributed by atoms with Gasteiger partial charge in [0.2, 0.25) is 0 Å². The van der Waals surface area contributed by atoms with Crippen LogP contribution in [0.2, 0.25) is 0 Å². The topological polar surface area (TPSA) is 26.3 Å². The predicted octanol–water partition coefficient (Wildman–Crippen LogP) is 5.59. The molecule has 0 aromatic carbocycles. The fourth-order valence-electron chi connectivity index (χ4n) is 7.03. The van der Waals surface area contributed by atoms with Crippen LogP contribution in [0.4, 0.5) is 0 Å². The molecule has 26 heavy (non-hydrogen) atoms. The van der Waals surface area contributed by atoms with E-state index in [0.29, 0.717) is 29.5 Å². The molecule has 0 bridgehead atoms. The third-order valence-electron chi connectivity index (χ3n) is 8.63. The van der Waals surface area contributed by atoms with Crippen molar-refractivity contribution in [3.63, 3.8) is 0 Å². The maximum atomic E-state index is 13.0. The Morgan fingerprint density at radius 2 is 1.96 bits per heavy atom. The standard InChI is InChI=1S/C23H34O2S/c1-21(2,26)18-13-19(24)23(4)11-9-17-16(20(18)23)7-6-14-12-15(25-5)8-10-22(14,17)3/h6,12,16-18,20,26H,7-11,13H2,1-5H3/t16?,17?,18?,20?,22-,23+/m0/s1. The molecule has 0 spiro atoms. The molecule has 4 rings (SSSR count). The van der Waals surface area contributed by atoms with Gasteiger partial charge >= 0.3 is 0 Å². The molecule has 2 fully saturated rings. The summed E-state index contributed by atoms with van der Waals surface area (Å²) >= 11 is 4.95. The van der Waals surface area contributed by atoms with Gasteiger partial charge in [-0.1, -0.05) is 33.8 Å². The minimum absolute atomic E-state index is 0.0967. The lowest BCUT2D eigenvalue weighted by molar-refractivity contribution is -0.132. The van der Waals surface area contributed by atoms with E-state index >= 15 is 0 Å². The SMILES string of the molecule is COC1=CC2=CCC3C(CC[C@]4(C)C(=O)CC(C(C)(C)S)C34)[C@@]2(C)CC1. The number of Topliss-reactive ketones (excluding diaryl/α,β-unsaturated/α-hetero) is 1. The molecule has 0 aromatic heterocycles. The number of allylic oxidation sites excluding steroid dienone is 4. The molecule has 0 saturated heterocycles. The zero-order valence-electron chi connectivity index (χ0n) is 17.0. The van der Waals surface area contributed by atoms with Gasteiger partial charge in [0.15, 0.2) is 0 Å². The molecule has 4 aliphatic rings. The Labute approximate surface area is 164 Å². The molecule has 0 heterocycles. The molecule has 0 amide bonds. The lowest BCUT2D eigenvalue weighted by atomic mass is 9.47. The van der Waals surface area contributed by atoms with Gasteiger partial charge in [-0.3, -0.25) is 4.79 Å². The molecule has 0 N–H and O–H groups in total. The highest BCUT2D eigenvalue weighted by Gasteiger charge is 2.63. The van der Waals surface area contributed by atoms with E-state index in [1.165, 1.54) is 18.4 Å². The van der Waals surface area contributed by atoms with Gasteiger partial charge in [0.25, 0.3) is 0 Å². The fourth-order valence-corrected chi connectivity index (χ4v) is 7.28. The van der Waals surface area contributed by atoms with Crippen LogP contribution in [0.1, 0.15) is 66.2 Å². The average molecular weight is 375 g/mol. The average Bonchev–Trinajstić information content (AvgIpc) is 2.86. The molecule has 4 unspecified atom stereocenters. The second kappa shape index (κ2) is 5.90. The fraction of sp³-hybridized carbons (Fsp3) is 0.783. The van der Waals surface area contributed by atoms with Gasteiger partial charge in [0.05, 0.1) is 12.9 Å². The van der Waals surface area contributed by atoms with E-state index in [-0.39, 0.29) is 15.6 Å². The van der Waals surface area contributed by atoms with Crippen molar-refractivity contribution < 1.29 is 9.53 Å². The number of carbonyl (C=O) groups is 1. The molecule has 4 aliphatic carbocycles. The molecule has 0 aromatic rings. The van der Waals surface area contributed by atoms with Crippen molar-refractivity contribution in [2.75, 3.05) is 7.11 Å². The first-order valence-electron chi connectivity index (χ1n) is 10.3. The summed E-state index contributed by atoms with van der Waals surface area (Å²) in [5.41, 5.74) is 1.59. The number of hydrogen-bond acceptors (Lipinski definition) is 3. The van der Waals surface area contributed by atoms with E-state index in [1.807, 2.05) is 0 Å². The highest BCUT2D eigenvalue weighted by atomic mass is 32.1. The highest BCUT2D eigenvalue weighted by Crippen LogP contribution is 2.66. The Morgan fingerprint density at radius 1 is 1.23 bits per heavy atom. The number of rotatable bonds is 2. The number of carbonyl (C=O) groups excluding carboxylic acids is 1. The predicted molar refractivity (Wildman–Crippen MR) is 109 cm³/mol. The zero-order chi connectivity index (χ0) is 18.9. The van der Waals surface area contributed by atoms with Crippen LogP contribution in [0, 0.1) is 34.5 Å². The summed E-state index contributed by atoms with van der Waals surface area (Å²) in [6, 6.07) is 0. The maximum Gasteiger partial charge on any atom is 0.139 e. The third-order valence-corrected chi connectivity index (χ3v) is 8.96. The number of ketones is 1. The molecule has 2 saturated carbocycles. The van der Waals surface area contributed by atoms with E-state index < -0.39 is 0 Å². The Balaban J connectivity index is 1.75. The Bertz CT molecular complexity index is 685. The van der Waals surface area contributed by atoms with Crippen LogP contribution in [0.25, 0.3) is 0 Å². The van der Waals surface area contributed by atoms with Crippen molar-refractivity contribution in [2.24, 2.45) is 34.5 Å². The summed E-state index contributed by atoms with van der Waals surface area (Å²) in [6.07, 6.45) is 11.1. The van der Waals surface area contributed by atoms with Crippen LogP contribution >= 0.6 is 12.6 Å². The van der Waals surface area contributed by atoms with Gasteiger partial charge in [0, 0.05) is 23.0 Å². The van der Waals surface area contributed by atoms with Crippen molar-refractivity contribution in [3.05, 3.63) is 23.5 Å². The lowest BCUT2D eigenvalue weighted by Gasteiger charge is -2.57.